The maximum absolute atomic E-state index is 10.9. The molecule has 1 aromatic carbocycles. The summed E-state index contributed by atoms with van der Waals surface area (Å²) in [5.41, 5.74) is 2.24. The minimum Gasteiger partial charge on any atom is -0.481 e. The SMILES string of the molecule is COCc1ccccc1NC1CCC(C(=O)O)CC1. The summed E-state index contributed by atoms with van der Waals surface area (Å²) in [6, 6.07) is 8.48. The summed E-state index contributed by atoms with van der Waals surface area (Å²) >= 11 is 0. The molecule has 1 fully saturated rings. The van der Waals surface area contributed by atoms with Gasteiger partial charge >= 0.3 is 5.97 Å². The summed E-state index contributed by atoms with van der Waals surface area (Å²) < 4.78 is 5.19. The molecule has 4 heteroatoms. The summed E-state index contributed by atoms with van der Waals surface area (Å²) in [5, 5.41) is 12.5. The maximum atomic E-state index is 10.9. The molecule has 0 spiro atoms. The Kier molecular flexibility index (Phi) is 4.80. The predicted molar refractivity (Wildman–Crippen MR) is 74.2 cm³/mol. The summed E-state index contributed by atoms with van der Waals surface area (Å²) in [6.45, 7) is 0.591. The van der Waals surface area contributed by atoms with Crippen molar-refractivity contribution in [3.63, 3.8) is 0 Å². The van der Waals surface area contributed by atoms with E-state index in [4.69, 9.17) is 9.84 Å². The van der Waals surface area contributed by atoms with Gasteiger partial charge in [-0.1, -0.05) is 18.2 Å². The Hall–Kier alpha value is -1.55. The zero-order chi connectivity index (χ0) is 13.7. The highest BCUT2D eigenvalue weighted by Gasteiger charge is 2.25. The number of aliphatic carboxylic acids is 1. The number of hydrogen-bond donors (Lipinski definition) is 2. The van der Waals surface area contributed by atoms with Gasteiger partial charge in [0.1, 0.15) is 0 Å². The quantitative estimate of drug-likeness (QED) is 0.857. The summed E-state index contributed by atoms with van der Waals surface area (Å²) in [5.74, 6) is -0.814. The molecule has 0 radical (unpaired) electrons. The van der Waals surface area contributed by atoms with E-state index in [-0.39, 0.29) is 5.92 Å². The van der Waals surface area contributed by atoms with E-state index < -0.39 is 5.97 Å². The van der Waals surface area contributed by atoms with E-state index in [2.05, 4.69) is 17.4 Å². The van der Waals surface area contributed by atoms with Gasteiger partial charge in [0.25, 0.3) is 0 Å². The average Bonchev–Trinajstić information content (AvgIpc) is 2.42. The van der Waals surface area contributed by atoms with E-state index >= 15 is 0 Å². The number of nitrogens with one attached hydrogen (secondary N) is 1. The zero-order valence-corrected chi connectivity index (χ0v) is 11.3. The monoisotopic (exact) mass is 263 g/mol. The number of ether oxygens (including phenoxy) is 1. The highest BCUT2D eigenvalue weighted by molar-refractivity contribution is 5.70. The van der Waals surface area contributed by atoms with Crippen molar-refractivity contribution in [2.24, 2.45) is 5.92 Å². The van der Waals surface area contributed by atoms with Crippen LogP contribution in [0.3, 0.4) is 0 Å². The Morgan fingerprint density at radius 3 is 2.63 bits per heavy atom. The van der Waals surface area contributed by atoms with Crippen LogP contribution in [0.5, 0.6) is 0 Å². The van der Waals surface area contributed by atoms with E-state index in [1.54, 1.807) is 7.11 Å². The first-order chi connectivity index (χ1) is 9.20. The molecule has 0 bridgehead atoms. The van der Waals surface area contributed by atoms with Gasteiger partial charge in [-0.15, -0.1) is 0 Å². The van der Waals surface area contributed by atoms with Crippen molar-refractivity contribution >= 4 is 11.7 Å². The molecule has 1 aliphatic carbocycles. The van der Waals surface area contributed by atoms with Crippen LogP contribution in [0.4, 0.5) is 5.69 Å². The van der Waals surface area contributed by atoms with Gasteiger partial charge in [0.2, 0.25) is 0 Å². The first-order valence-electron chi connectivity index (χ1n) is 6.77. The van der Waals surface area contributed by atoms with Gasteiger partial charge < -0.3 is 15.2 Å². The fourth-order valence-electron chi connectivity index (χ4n) is 2.65. The van der Waals surface area contributed by atoms with Crippen LogP contribution in [-0.2, 0) is 16.1 Å². The standard InChI is InChI=1S/C15H21NO3/c1-19-10-12-4-2-3-5-14(12)16-13-8-6-11(7-9-13)15(17)18/h2-5,11,13,16H,6-10H2,1H3,(H,17,18). The maximum Gasteiger partial charge on any atom is 0.306 e. The fourth-order valence-corrected chi connectivity index (χ4v) is 2.65. The number of benzene rings is 1. The van der Waals surface area contributed by atoms with Gasteiger partial charge in [0, 0.05) is 24.4 Å². The van der Waals surface area contributed by atoms with Crippen LogP contribution in [0, 0.1) is 5.92 Å². The van der Waals surface area contributed by atoms with Crippen LogP contribution in [0.1, 0.15) is 31.2 Å². The number of carboxylic acids is 1. The van der Waals surface area contributed by atoms with Gasteiger partial charge in [-0.05, 0) is 31.7 Å². The number of carbonyl (C=O) groups is 1. The lowest BCUT2D eigenvalue weighted by Gasteiger charge is -2.28. The molecule has 1 saturated carbocycles. The van der Waals surface area contributed by atoms with Crippen molar-refractivity contribution < 1.29 is 14.6 Å². The van der Waals surface area contributed by atoms with E-state index in [1.165, 1.54) is 0 Å². The number of carboxylic acid groups (broad SMARTS) is 1. The molecule has 0 unspecified atom stereocenters. The van der Waals surface area contributed by atoms with Gasteiger partial charge in [0.15, 0.2) is 0 Å². The van der Waals surface area contributed by atoms with Crippen LogP contribution in [0.2, 0.25) is 0 Å². The molecule has 0 aromatic heterocycles. The molecule has 0 aliphatic heterocycles. The van der Waals surface area contributed by atoms with Crippen LogP contribution >= 0.6 is 0 Å². The molecule has 4 nitrogen and oxygen atoms in total. The Labute approximate surface area is 113 Å². The second kappa shape index (κ2) is 6.57. The Bertz CT molecular complexity index is 425. The second-order valence-corrected chi connectivity index (χ2v) is 5.12. The number of methoxy groups -OCH3 is 1. The smallest absolute Gasteiger partial charge is 0.306 e. The summed E-state index contributed by atoms with van der Waals surface area (Å²) in [4.78, 5) is 10.9. The van der Waals surface area contributed by atoms with Crippen LogP contribution in [0.25, 0.3) is 0 Å². The lowest BCUT2D eigenvalue weighted by molar-refractivity contribution is -0.142. The molecule has 0 amide bonds. The highest BCUT2D eigenvalue weighted by Crippen LogP contribution is 2.28. The molecule has 104 valence electrons. The molecule has 19 heavy (non-hydrogen) atoms. The Balaban J connectivity index is 1.93. The third kappa shape index (κ3) is 3.70. The lowest BCUT2D eigenvalue weighted by atomic mass is 9.86. The third-order valence-corrected chi connectivity index (χ3v) is 3.75. The van der Waals surface area contributed by atoms with Gasteiger partial charge in [-0.2, -0.15) is 0 Å². The first-order valence-corrected chi connectivity index (χ1v) is 6.77. The number of para-hydroxylation sites is 1. The zero-order valence-electron chi connectivity index (χ0n) is 11.3. The van der Waals surface area contributed by atoms with Crippen molar-refractivity contribution in [2.45, 2.75) is 38.3 Å². The minimum absolute atomic E-state index is 0.160. The van der Waals surface area contributed by atoms with Gasteiger partial charge in [-0.25, -0.2) is 0 Å². The second-order valence-electron chi connectivity index (χ2n) is 5.12. The van der Waals surface area contributed by atoms with Crippen LogP contribution in [-0.4, -0.2) is 24.2 Å². The van der Waals surface area contributed by atoms with Crippen molar-refractivity contribution in [1.29, 1.82) is 0 Å². The topological polar surface area (TPSA) is 58.6 Å². The van der Waals surface area contributed by atoms with Crippen LogP contribution < -0.4 is 5.32 Å². The summed E-state index contributed by atoms with van der Waals surface area (Å²) in [7, 11) is 1.69. The first kappa shape index (κ1) is 13.9. The Morgan fingerprint density at radius 1 is 1.32 bits per heavy atom. The predicted octanol–water partition coefficient (Wildman–Crippen LogP) is 2.89. The molecule has 1 aromatic rings. The lowest BCUT2D eigenvalue weighted by Crippen LogP contribution is -2.29. The van der Waals surface area contributed by atoms with E-state index in [0.29, 0.717) is 12.6 Å². The molecular weight excluding hydrogens is 242 g/mol. The molecule has 1 aliphatic rings. The molecule has 0 heterocycles. The fraction of sp³-hybridized carbons (Fsp3) is 0.533. The van der Waals surface area contributed by atoms with Crippen molar-refractivity contribution in [3.8, 4) is 0 Å². The van der Waals surface area contributed by atoms with Gasteiger partial charge in [-0.3, -0.25) is 4.79 Å². The number of hydrogen-bond acceptors (Lipinski definition) is 3. The molecule has 0 saturated heterocycles. The minimum atomic E-state index is -0.654. The van der Waals surface area contributed by atoms with E-state index in [1.807, 2.05) is 12.1 Å². The molecular formula is C15H21NO3. The van der Waals surface area contributed by atoms with Crippen molar-refractivity contribution in [3.05, 3.63) is 29.8 Å². The van der Waals surface area contributed by atoms with Gasteiger partial charge in [0.05, 0.1) is 12.5 Å². The highest BCUT2D eigenvalue weighted by atomic mass is 16.5. The van der Waals surface area contributed by atoms with Crippen molar-refractivity contribution in [1.82, 2.24) is 0 Å². The summed E-state index contributed by atoms with van der Waals surface area (Å²) in [6.07, 6.45) is 3.36. The van der Waals surface area contributed by atoms with Crippen LogP contribution in [0.15, 0.2) is 24.3 Å². The van der Waals surface area contributed by atoms with E-state index in [9.17, 15) is 4.79 Å². The Morgan fingerprint density at radius 2 is 2.00 bits per heavy atom. The molecule has 2 rings (SSSR count). The van der Waals surface area contributed by atoms with E-state index in [0.717, 1.165) is 36.9 Å². The number of anilines is 1. The largest absolute Gasteiger partial charge is 0.481 e. The molecule has 2 N–H and O–H groups in total. The third-order valence-electron chi connectivity index (χ3n) is 3.75. The molecule has 0 atom stereocenters. The van der Waals surface area contributed by atoms with Crippen molar-refractivity contribution in [2.75, 3.05) is 12.4 Å². The average molecular weight is 263 g/mol. The number of rotatable bonds is 5. The normalized spacial score (nSPS) is 23.0.